The predicted molar refractivity (Wildman–Crippen MR) is 218 cm³/mol. The second-order valence-corrected chi connectivity index (χ2v) is 15.3. The molecule has 0 fully saturated rings. The van der Waals surface area contributed by atoms with Crippen molar-refractivity contribution in [3.05, 3.63) is 24.3 Å². The zero-order chi connectivity index (χ0) is 36.6. The standard InChI is InChI=1S/C45H87NO4/c1-3-5-7-9-11-13-15-16-17-18-19-20-21-22-23-24-25-26-27-29-31-33-35-37-39-44(49)43(41-47)46-45(50)40-42(48)38-36-34-32-30-28-14-12-10-8-6-4-2/h30,32,37,39,42-44,47-49H,3-29,31,33-36,38,40-41H2,1-2H3,(H,46,50)/b32-30-,39-37+. The molecule has 5 heteroatoms. The molecule has 0 aromatic rings. The fraction of sp³-hybridized carbons (Fsp3) is 0.889. The number of aliphatic hydroxyl groups excluding tert-OH is 3. The molecule has 0 aromatic heterocycles. The molecule has 0 spiro atoms. The van der Waals surface area contributed by atoms with Crippen molar-refractivity contribution >= 4 is 5.91 Å². The van der Waals surface area contributed by atoms with Crippen molar-refractivity contribution in [3.8, 4) is 0 Å². The van der Waals surface area contributed by atoms with Crippen LogP contribution in [0.4, 0.5) is 0 Å². The van der Waals surface area contributed by atoms with Gasteiger partial charge in [0.05, 0.1) is 31.3 Å². The first kappa shape index (κ1) is 48.8. The van der Waals surface area contributed by atoms with Crippen LogP contribution in [0.3, 0.4) is 0 Å². The van der Waals surface area contributed by atoms with Crippen molar-refractivity contribution in [2.24, 2.45) is 0 Å². The topological polar surface area (TPSA) is 89.8 Å². The molecule has 0 aliphatic rings. The average Bonchev–Trinajstić information content (AvgIpc) is 3.11. The summed E-state index contributed by atoms with van der Waals surface area (Å²) in [6, 6.07) is -0.750. The van der Waals surface area contributed by atoms with Crippen LogP contribution in [0.5, 0.6) is 0 Å². The van der Waals surface area contributed by atoms with E-state index in [2.05, 4.69) is 31.3 Å². The molecule has 0 rings (SSSR count). The van der Waals surface area contributed by atoms with Crippen LogP contribution in [0.25, 0.3) is 0 Å². The predicted octanol–water partition coefficient (Wildman–Crippen LogP) is 12.6. The van der Waals surface area contributed by atoms with Gasteiger partial charge in [0, 0.05) is 0 Å². The van der Waals surface area contributed by atoms with Crippen molar-refractivity contribution < 1.29 is 20.1 Å². The van der Waals surface area contributed by atoms with Crippen LogP contribution >= 0.6 is 0 Å². The number of hydrogen-bond acceptors (Lipinski definition) is 4. The fourth-order valence-corrected chi connectivity index (χ4v) is 6.81. The van der Waals surface area contributed by atoms with Crippen molar-refractivity contribution in [1.82, 2.24) is 5.32 Å². The third-order valence-electron chi connectivity index (χ3n) is 10.2. The van der Waals surface area contributed by atoms with Crippen LogP contribution in [0, 0.1) is 0 Å². The molecular weight excluding hydrogens is 618 g/mol. The zero-order valence-corrected chi connectivity index (χ0v) is 33.5. The Hall–Kier alpha value is -1.17. The summed E-state index contributed by atoms with van der Waals surface area (Å²) in [5.41, 5.74) is 0. The molecule has 0 aromatic carbocycles. The molecule has 296 valence electrons. The number of aliphatic hydroxyl groups is 3. The molecule has 0 saturated heterocycles. The number of rotatable bonds is 40. The zero-order valence-electron chi connectivity index (χ0n) is 33.5. The summed E-state index contributed by atoms with van der Waals surface area (Å²) in [4.78, 5) is 12.4. The maximum absolute atomic E-state index is 12.4. The lowest BCUT2D eigenvalue weighted by Gasteiger charge is -2.20. The molecule has 0 bridgehead atoms. The summed E-state index contributed by atoms with van der Waals surface area (Å²) in [5, 5.41) is 33.1. The van der Waals surface area contributed by atoms with Gasteiger partial charge >= 0.3 is 0 Å². The summed E-state index contributed by atoms with van der Waals surface area (Å²) < 4.78 is 0. The van der Waals surface area contributed by atoms with E-state index < -0.39 is 18.2 Å². The minimum Gasteiger partial charge on any atom is -0.394 e. The summed E-state index contributed by atoms with van der Waals surface area (Å²) in [6.07, 6.45) is 49.1. The minimum absolute atomic E-state index is 0.00607. The van der Waals surface area contributed by atoms with E-state index in [1.165, 1.54) is 173 Å². The Bertz CT molecular complexity index is 739. The van der Waals surface area contributed by atoms with Crippen molar-refractivity contribution in [2.45, 2.75) is 250 Å². The first-order chi connectivity index (χ1) is 24.5. The monoisotopic (exact) mass is 706 g/mol. The first-order valence-corrected chi connectivity index (χ1v) is 22.1. The van der Waals surface area contributed by atoms with E-state index in [4.69, 9.17) is 0 Å². The molecule has 50 heavy (non-hydrogen) atoms. The van der Waals surface area contributed by atoms with Crippen LogP contribution in [0.2, 0.25) is 0 Å². The maximum Gasteiger partial charge on any atom is 0.222 e. The van der Waals surface area contributed by atoms with E-state index in [9.17, 15) is 20.1 Å². The molecule has 4 N–H and O–H groups in total. The molecule has 5 nitrogen and oxygen atoms in total. The number of carbonyl (C=O) groups is 1. The molecule has 0 saturated carbocycles. The second kappa shape index (κ2) is 40.6. The van der Waals surface area contributed by atoms with Crippen LogP contribution in [-0.4, -0.2) is 46.1 Å². The normalized spacial score (nSPS) is 13.8. The fourth-order valence-electron chi connectivity index (χ4n) is 6.81. The Morgan fingerprint density at radius 3 is 1.22 bits per heavy atom. The highest BCUT2D eigenvalue weighted by Gasteiger charge is 2.20. The smallest absolute Gasteiger partial charge is 0.222 e. The van der Waals surface area contributed by atoms with E-state index in [1.807, 2.05) is 6.08 Å². The van der Waals surface area contributed by atoms with Crippen molar-refractivity contribution in [3.63, 3.8) is 0 Å². The number of hydrogen-bond donors (Lipinski definition) is 4. The molecule has 0 radical (unpaired) electrons. The van der Waals surface area contributed by atoms with Gasteiger partial charge in [0.2, 0.25) is 5.91 Å². The Kier molecular flexibility index (Phi) is 39.6. The Labute approximate surface area is 312 Å². The lowest BCUT2D eigenvalue weighted by molar-refractivity contribution is -0.124. The van der Waals surface area contributed by atoms with Gasteiger partial charge in [-0.1, -0.05) is 205 Å². The molecule has 1 amide bonds. The van der Waals surface area contributed by atoms with Gasteiger partial charge < -0.3 is 20.6 Å². The van der Waals surface area contributed by atoms with Crippen LogP contribution in [0.15, 0.2) is 24.3 Å². The second-order valence-electron chi connectivity index (χ2n) is 15.3. The Balaban J connectivity index is 3.62. The molecule has 0 aliphatic carbocycles. The van der Waals surface area contributed by atoms with E-state index in [0.717, 1.165) is 32.1 Å². The van der Waals surface area contributed by atoms with Crippen LogP contribution in [0.1, 0.15) is 232 Å². The van der Waals surface area contributed by atoms with Gasteiger partial charge in [0.15, 0.2) is 0 Å². The molecule has 3 atom stereocenters. The summed E-state index contributed by atoms with van der Waals surface area (Å²) in [7, 11) is 0. The summed E-state index contributed by atoms with van der Waals surface area (Å²) in [6.45, 7) is 4.19. The quantitative estimate of drug-likeness (QED) is 0.0377. The lowest BCUT2D eigenvalue weighted by atomic mass is 10.0. The number of allylic oxidation sites excluding steroid dienone is 3. The molecule has 3 unspecified atom stereocenters. The van der Waals surface area contributed by atoms with E-state index >= 15 is 0 Å². The largest absolute Gasteiger partial charge is 0.394 e. The van der Waals surface area contributed by atoms with Gasteiger partial charge in [-0.05, 0) is 44.9 Å². The maximum atomic E-state index is 12.4. The van der Waals surface area contributed by atoms with Crippen LogP contribution < -0.4 is 5.32 Å². The lowest BCUT2D eigenvalue weighted by Crippen LogP contribution is -2.45. The molecular formula is C45H87NO4. The van der Waals surface area contributed by atoms with Crippen molar-refractivity contribution in [2.75, 3.05) is 6.61 Å². The van der Waals surface area contributed by atoms with Gasteiger partial charge in [-0.15, -0.1) is 0 Å². The van der Waals surface area contributed by atoms with E-state index in [-0.39, 0.29) is 18.9 Å². The Morgan fingerprint density at radius 1 is 0.500 bits per heavy atom. The summed E-state index contributed by atoms with van der Waals surface area (Å²) in [5.74, 6) is -0.331. The highest BCUT2D eigenvalue weighted by molar-refractivity contribution is 5.76. The number of amides is 1. The van der Waals surface area contributed by atoms with Gasteiger partial charge in [-0.2, -0.15) is 0 Å². The number of unbranched alkanes of at least 4 members (excludes halogenated alkanes) is 29. The minimum atomic E-state index is -0.933. The molecule has 0 heterocycles. The average molecular weight is 706 g/mol. The third kappa shape index (κ3) is 36.6. The number of carbonyl (C=O) groups excluding carboxylic acids is 1. The van der Waals surface area contributed by atoms with Crippen LogP contribution in [-0.2, 0) is 4.79 Å². The third-order valence-corrected chi connectivity index (χ3v) is 10.2. The van der Waals surface area contributed by atoms with E-state index in [0.29, 0.717) is 6.42 Å². The van der Waals surface area contributed by atoms with Crippen molar-refractivity contribution in [1.29, 1.82) is 0 Å². The first-order valence-electron chi connectivity index (χ1n) is 22.1. The SMILES string of the molecule is CCCCCCCC/C=C\CCCC(O)CC(=O)NC(CO)C(O)/C=C/CCCCCCCCCCCCCCCCCCCCCCCC. The highest BCUT2D eigenvalue weighted by Crippen LogP contribution is 2.16. The summed E-state index contributed by atoms with van der Waals surface area (Å²) >= 11 is 0. The highest BCUT2D eigenvalue weighted by atomic mass is 16.3. The van der Waals surface area contributed by atoms with Gasteiger partial charge in [0.25, 0.3) is 0 Å². The number of nitrogens with one attached hydrogen (secondary N) is 1. The Morgan fingerprint density at radius 2 is 0.840 bits per heavy atom. The van der Waals surface area contributed by atoms with Gasteiger partial charge in [0.1, 0.15) is 0 Å². The molecule has 0 aliphatic heterocycles. The van der Waals surface area contributed by atoms with E-state index in [1.54, 1.807) is 6.08 Å². The van der Waals surface area contributed by atoms with Gasteiger partial charge in [-0.3, -0.25) is 4.79 Å². The van der Waals surface area contributed by atoms with Gasteiger partial charge in [-0.25, -0.2) is 0 Å².